The van der Waals surface area contributed by atoms with Crippen LogP contribution < -0.4 is 9.64 Å². The zero-order chi connectivity index (χ0) is 17.5. The summed E-state index contributed by atoms with van der Waals surface area (Å²) in [6, 6.07) is 22.8. The van der Waals surface area contributed by atoms with Gasteiger partial charge in [-0.25, -0.2) is 4.98 Å². The Morgan fingerprint density at radius 2 is 1.64 bits per heavy atom. The van der Waals surface area contributed by atoms with Gasteiger partial charge in [-0.15, -0.1) is 0 Å². The number of ether oxygens (including phenoxy) is 1. The van der Waals surface area contributed by atoms with Crippen LogP contribution in [0.4, 0.5) is 5.69 Å². The summed E-state index contributed by atoms with van der Waals surface area (Å²) in [5, 5.41) is 0.240. The van der Waals surface area contributed by atoms with Crippen molar-refractivity contribution in [3.8, 4) is 5.75 Å². The minimum absolute atomic E-state index is 0.118. The highest BCUT2D eigenvalue weighted by molar-refractivity contribution is 6.30. The van der Waals surface area contributed by atoms with Crippen LogP contribution in [0.1, 0.15) is 5.56 Å². The van der Waals surface area contributed by atoms with Gasteiger partial charge in [0.15, 0.2) is 17.5 Å². The van der Waals surface area contributed by atoms with Crippen molar-refractivity contribution in [2.24, 2.45) is 0 Å². The van der Waals surface area contributed by atoms with E-state index in [2.05, 4.69) is 4.98 Å². The molecular weight excluding hydrogens is 336 g/mol. The SMILES string of the molecule is O=C(COc1cccnc1Cl)N(Cc1ccccc1)c1ccccc1. The minimum Gasteiger partial charge on any atom is -0.481 e. The Balaban J connectivity index is 1.76. The van der Waals surface area contributed by atoms with Crippen LogP contribution in [0, 0.1) is 0 Å². The number of rotatable bonds is 6. The summed E-state index contributed by atoms with van der Waals surface area (Å²) < 4.78 is 5.55. The van der Waals surface area contributed by atoms with E-state index < -0.39 is 0 Å². The Morgan fingerprint density at radius 3 is 2.32 bits per heavy atom. The molecule has 0 fully saturated rings. The summed E-state index contributed by atoms with van der Waals surface area (Å²) in [5.74, 6) is 0.236. The number of amides is 1. The van der Waals surface area contributed by atoms with Crippen LogP contribution in [0.5, 0.6) is 5.75 Å². The first-order chi connectivity index (χ1) is 12.2. The van der Waals surface area contributed by atoms with Gasteiger partial charge in [-0.05, 0) is 29.8 Å². The molecule has 0 aliphatic rings. The molecule has 0 unspecified atom stereocenters. The van der Waals surface area contributed by atoms with Gasteiger partial charge in [0, 0.05) is 11.9 Å². The predicted octanol–water partition coefficient (Wildman–Crippen LogP) is 4.35. The number of aromatic nitrogens is 1. The summed E-state index contributed by atoms with van der Waals surface area (Å²) in [4.78, 5) is 18.4. The van der Waals surface area contributed by atoms with Crippen LogP contribution in [-0.4, -0.2) is 17.5 Å². The highest BCUT2D eigenvalue weighted by Crippen LogP contribution is 2.21. The third kappa shape index (κ3) is 4.58. The highest BCUT2D eigenvalue weighted by atomic mass is 35.5. The number of carbonyl (C=O) groups is 1. The molecule has 5 heteroatoms. The molecule has 0 aliphatic heterocycles. The molecule has 0 radical (unpaired) electrons. The highest BCUT2D eigenvalue weighted by Gasteiger charge is 2.17. The molecule has 126 valence electrons. The monoisotopic (exact) mass is 352 g/mol. The van der Waals surface area contributed by atoms with Crippen molar-refractivity contribution in [1.82, 2.24) is 4.98 Å². The number of halogens is 1. The van der Waals surface area contributed by atoms with Gasteiger partial charge in [-0.3, -0.25) is 4.79 Å². The van der Waals surface area contributed by atoms with Gasteiger partial charge in [-0.1, -0.05) is 60.1 Å². The molecule has 1 aromatic heterocycles. The van der Waals surface area contributed by atoms with Gasteiger partial charge in [0.25, 0.3) is 5.91 Å². The second-order valence-electron chi connectivity index (χ2n) is 5.38. The zero-order valence-electron chi connectivity index (χ0n) is 13.5. The van der Waals surface area contributed by atoms with E-state index >= 15 is 0 Å². The van der Waals surface area contributed by atoms with Crippen LogP contribution in [0.3, 0.4) is 0 Å². The topological polar surface area (TPSA) is 42.4 Å². The molecule has 2 aromatic carbocycles. The maximum atomic E-state index is 12.8. The lowest BCUT2D eigenvalue weighted by atomic mass is 10.2. The summed E-state index contributed by atoms with van der Waals surface area (Å²) in [6.45, 7) is 0.348. The molecule has 0 bridgehead atoms. The number of para-hydroxylation sites is 1. The minimum atomic E-state index is -0.157. The average Bonchev–Trinajstić information content (AvgIpc) is 2.67. The van der Waals surface area contributed by atoms with Crippen LogP contribution in [-0.2, 0) is 11.3 Å². The molecule has 25 heavy (non-hydrogen) atoms. The molecule has 1 amide bonds. The van der Waals surface area contributed by atoms with Crippen molar-refractivity contribution >= 4 is 23.2 Å². The Bertz CT molecular complexity index is 825. The summed E-state index contributed by atoms with van der Waals surface area (Å²) in [6.07, 6.45) is 1.57. The van der Waals surface area contributed by atoms with E-state index in [1.54, 1.807) is 23.2 Å². The van der Waals surface area contributed by atoms with Crippen molar-refractivity contribution < 1.29 is 9.53 Å². The molecule has 3 aromatic rings. The number of hydrogen-bond acceptors (Lipinski definition) is 3. The molecule has 0 aliphatic carbocycles. The Hall–Kier alpha value is -2.85. The Labute approximate surface area is 151 Å². The normalized spacial score (nSPS) is 10.3. The number of pyridine rings is 1. The van der Waals surface area contributed by atoms with Gasteiger partial charge < -0.3 is 9.64 Å². The molecule has 4 nitrogen and oxygen atoms in total. The summed E-state index contributed by atoms with van der Waals surface area (Å²) in [7, 11) is 0. The first kappa shape index (κ1) is 17.0. The Kier molecular flexibility index (Phi) is 5.65. The van der Waals surface area contributed by atoms with Crippen molar-refractivity contribution in [2.45, 2.75) is 6.54 Å². The summed E-state index contributed by atoms with van der Waals surface area (Å²) in [5.41, 5.74) is 1.86. The maximum absolute atomic E-state index is 12.8. The fourth-order valence-corrected chi connectivity index (χ4v) is 2.57. The molecular formula is C20H17ClN2O2. The van der Waals surface area contributed by atoms with Gasteiger partial charge in [0.05, 0.1) is 6.54 Å². The van der Waals surface area contributed by atoms with Crippen molar-refractivity contribution in [1.29, 1.82) is 0 Å². The molecule has 3 rings (SSSR count). The van der Waals surface area contributed by atoms with Gasteiger partial charge in [0.2, 0.25) is 0 Å². The van der Waals surface area contributed by atoms with E-state index in [0.717, 1.165) is 11.3 Å². The van der Waals surface area contributed by atoms with Crippen LogP contribution in [0.2, 0.25) is 5.15 Å². The molecule has 0 saturated carbocycles. The molecule has 1 heterocycles. The number of carbonyl (C=O) groups excluding carboxylic acids is 1. The third-order valence-electron chi connectivity index (χ3n) is 3.63. The van der Waals surface area contributed by atoms with Crippen LogP contribution >= 0.6 is 11.6 Å². The van der Waals surface area contributed by atoms with E-state index in [1.807, 2.05) is 60.7 Å². The number of anilines is 1. The van der Waals surface area contributed by atoms with Gasteiger partial charge in [0.1, 0.15) is 0 Å². The molecule has 0 saturated heterocycles. The van der Waals surface area contributed by atoms with Crippen molar-refractivity contribution in [3.63, 3.8) is 0 Å². The smallest absolute Gasteiger partial charge is 0.265 e. The van der Waals surface area contributed by atoms with E-state index in [9.17, 15) is 4.79 Å². The average molecular weight is 353 g/mol. The second kappa shape index (κ2) is 8.31. The maximum Gasteiger partial charge on any atom is 0.265 e. The van der Waals surface area contributed by atoms with E-state index in [4.69, 9.17) is 16.3 Å². The van der Waals surface area contributed by atoms with E-state index in [0.29, 0.717) is 12.3 Å². The lowest BCUT2D eigenvalue weighted by molar-refractivity contribution is -0.120. The van der Waals surface area contributed by atoms with Gasteiger partial charge >= 0.3 is 0 Å². The lowest BCUT2D eigenvalue weighted by Crippen LogP contribution is -2.34. The molecule has 0 spiro atoms. The second-order valence-corrected chi connectivity index (χ2v) is 5.74. The predicted molar refractivity (Wildman–Crippen MR) is 98.8 cm³/mol. The third-order valence-corrected chi connectivity index (χ3v) is 3.91. The van der Waals surface area contributed by atoms with Crippen LogP contribution in [0.15, 0.2) is 79.0 Å². The summed E-state index contributed by atoms with van der Waals surface area (Å²) >= 11 is 5.97. The van der Waals surface area contributed by atoms with E-state index in [1.165, 1.54) is 0 Å². The quantitative estimate of drug-likeness (QED) is 0.619. The molecule has 0 N–H and O–H groups in total. The molecule has 0 atom stereocenters. The number of nitrogens with zero attached hydrogens (tertiary/aromatic N) is 2. The van der Waals surface area contributed by atoms with Gasteiger partial charge in [-0.2, -0.15) is 0 Å². The fraction of sp³-hybridized carbons (Fsp3) is 0.100. The van der Waals surface area contributed by atoms with Crippen molar-refractivity contribution in [2.75, 3.05) is 11.5 Å². The standard InChI is InChI=1S/C20H17ClN2O2/c21-20-18(12-7-13-22-20)25-15-19(24)23(17-10-5-2-6-11-17)14-16-8-3-1-4-9-16/h1-13H,14-15H2. The largest absolute Gasteiger partial charge is 0.481 e. The Morgan fingerprint density at radius 1 is 0.960 bits per heavy atom. The van der Waals surface area contributed by atoms with Crippen LogP contribution in [0.25, 0.3) is 0 Å². The first-order valence-corrected chi connectivity index (χ1v) is 8.24. The first-order valence-electron chi connectivity index (χ1n) is 7.86. The van der Waals surface area contributed by atoms with E-state index in [-0.39, 0.29) is 17.7 Å². The fourth-order valence-electron chi connectivity index (χ4n) is 2.39. The van der Waals surface area contributed by atoms with Crippen molar-refractivity contribution in [3.05, 3.63) is 89.7 Å². The number of hydrogen-bond donors (Lipinski definition) is 0. The number of benzene rings is 2. The lowest BCUT2D eigenvalue weighted by Gasteiger charge is -2.23. The zero-order valence-corrected chi connectivity index (χ0v) is 14.3.